The first kappa shape index (κ1) is 14.0. The van der Waals surface area contributed by atoms with E-state index in [1.807, 2.05) is 28.8 Å². The van der Waals surface area contributed by atoms with Crippen LogP contribution in [0.25, 0.3) is 5.65 Å². The summed E-state index contributed by atoms with van der Waals surface area (Å²) in [5.41, 5.74) is 1.15. The number of aromatic nitrogens is 3. The second kappa shape index (κ2) is 5.83. The summed E-state index contributed by atoms with van der Waals surface area (Å²) in [4.78, 5) is 12.2. The van der Waals surface area contributed by atoms with Crippen molar-refractivity contribution in [1.82, 2.24) is 19.9 Å². The molecule has 0 bridgehead atoms. The standard InChI is InChI=1S/C14H10BrClN4O/c15-9-4-5-11(16)10(7-9)14(21)17-8-13-19-18-12-3-1-2-6-20(12)13/h1-7H,8H2,(H,17,21). The molecule has 0 atom stereocenters. The van der Waals surface area contributed by atoms with E-state index in [4.69, 9.17) is 11.6 Å². The van der Waals surface area contributed by atoms with Crippen molar-refractivity contribution in [2.45, 2.75) is 6.54 Å². The van der Waals surface area contributed by atoms with Crippen LogP contribution in [0.1, 0.15) is 16.2 Å². The zero-order valence-corrected chi connectivity index (χ0v) is 13.1. The third kappa shape index (κ3) is 2.91. The highest BCUT2D eigenvalue weighted by Crippen LogP contribution is 2.20. The molecule has 0 saturated carbocycles. The molecule has 1 N–H and O–H groups in total. The van der Waals surface area contributed by atoms with Gasteiger partial charge in [0.25, 0.3) is 5.91 Å². The van der Waals surface area contributed by atoms with Crippen molar-refractivity contribution >= 4 is 39.1 Å². The fourth-order valence-corrected chi connectivity index (χ4v) is 2.50. The van der Waals surface area contributed by atoms with Gasteiger partial charge in [-0.25, -0.2) is 0 Å². The second-order valence-corrected chi connectivity index (χ2v) is 5.67. The maximum absolute atomic E-state index is 12.2. The number of amides is 1. The Kier molecular flexibility index (Phi) is 3.90. The number of pyridine rings is 1. The molecule has 0 unspecified atom stereocenters. The van der Waals surface area contributed by atoms with Crippen LogP contribution in [-0.4, -0.2) is 20.5 Å². The molecule has 0 radical (unpaired) electrons. The van der Waals surface area contributed by atoms with Gasteiger partial charge in [-0.3, -0.25) is 9.20 Å². The molecule has 0 spiro atoms. The van der Waals surface area contributed by atoms with E-state index in [1.165, 1.54) is 0 Å². The van der Waals surface area contributed by atoms with Crippen LogP contribution in [0.2, 0.25) is 5.02 Å². The summed E-state index contributed by atoms with van der Waals surface area (Å²) in [6, 6.07) is 10.8. The fourth-order valence-electron chi connectivity index (χ4n) is 1.94. The Morgan fingerprint density at radius 1 is 1.29 bits per heavy atom. The molecule has 1 amide bonds. The van der Waals surface area contributed by atoms with Crippen LogP contribution in [0.3, 0.4) is 0 Å². The average molecular weight is 366 g/mol. The molecule has 3 rings (SSSR count). The van der Waals surface area contributed by atoms with Gasteiger partial charge in [-0.15, -0.1) is 10.2 Å². The number of carbonyl (C=O) groups is 1. The fraction of sp³-hybridized carbons (Fsp3) is 0.0714. The Morgan fingerprint density at radius 2 is 2.14 bits per heavy atom. The average Bonchev–Trinajstić information content (AvgIpc) is 2.90. The van der Waals surface area contributed by atoms with E-state index >= 15 is 0 Å². The van der Waals surface area contributed by atoms with Crippen LogP contribution in [-0.2, 0) is 6.54 Å². The summed E-state index contributed by atoms with van der Waals surface area (Å²) in [5, 5.41) is 11.3. The summed E-state index contributed by atoms with van der Waals surface area (Å²) >= 11 is 9.35. The molecule has 0 aliphatic heterocycles. The van der Waals surface area contributed by atoms with Crippen molar-refractivity contribution in [3.8, 4) is 0 Å². The Balaban J connectivity index is 1.78. The molecule has 7 heteroatoms. The highest BCUT2D eigenvalue weighted by atomic mass is 79.9. The van der Waals surface area contributed by atoms with Gasteiger partial charge in [-0.2, -0.15) is 0 Å². The number of hydrogen-bond acceptors (Lipinski definition) is 3. The molecule has 0 aliphatic rings. The lowest BCUT2D eigenvalue weighted by Crippen LogP contribution is -2.24. The molecule has 0 saturated heterocycles. The zero-order valence-electron chi connectivity index (χ0n) is 10.8. The monoisotopic (exact) mass is 364 g/mol. The lowest BCUT2D eigenvalue weighted by molar-refractivity contribution is 0.0950. The van der Waals surface area contributed by atoms with E-state index in [-0.39, 0.29) is 12.5 Å². The van der Waals surface area contributed by atoms with E-state index in [0.717, 1.165) is 10.1 Å². The molecule has 2 heterocycles. The van der Waals surface area contributed by atoms with Crippen LogP contribution in [0.4, 0.5) is 0 Å². The van der Waals surface area contributed by atoms with Gasteiger partial charge < -0.3 is 5.32 Å². The lowest BCUT2D eigenvalue weighted by atomic mass is 10.2. The molecule has 3 aromatic rings. The normalized spacial score (nSPS) is 10.8. The van der Waals surface area contributed by atoms with Crippen molar-refractivity contribution < 1.29 is 4.79 Å². The molecule has 21 heavy (non-hydrogen) atoms. The minimum absolute atomic E-state index is 0.256. The quantitative estimate of drug-likeness (QED) is 0.776. The van der Waals surface area contributed by atoms with E-state index in [2.05, 4.69) is 31.4 Å². The van der Waals surface area contributed by atoms with Crippen LogP contribution in [0.5, 0.6) is 0 Å². The van der Waals surface area contributed by atoms with Crippen LogP contribution >= 0.6 is 27.5 Å². The smallest absolute Gasteiger partial charge is 0.253 e. The number of halogens is 2. The van der Waals surface area contributed by atoms with Crippen molar-refractivity contribution in [2.24, 2.45) is 0 Å². The minimum atomic E-state index is -0.256. The highest BCUT2D eigenvalue weighted by molar-refractivity contribution is 9.10. The number of nitrogens with one attached hydrogen (secondary N) is 1. The third-order valence-corrected chi connectivity index (χ3v) is 3.79. The van der Waals surface area contributed by atoms with Gasteiger partial charge in [0.1, 0.15) is 0 Å². The van der Waals surface area contributed by atoms with E-state index in [1.54, 1.807) is 18.2 Å². The minimum Gasteiger partial charge on any atom is -0.345 e. The number of rotatable bonds is 3. The molecular weight excluding hydrogens is 356 g/mol. The van der Waals surface area contributed by atoms with Gasteiger partial charge in [0, 0.05) is 10.7 Å². The van der Waals surface area contributed by atoms with Gasteiger partial charge >= 0.3 is 0 Å². The van der Waals surface area contributed by atoms with Gasteiger partial charge in [0.15, 0.2) is 11.5 Å². The van der Waals surface area contributed by atoms with E-state index < -0.39 is 0 Å². The highest BCUT2D eigenvalue weighted by Gasteiger charge is 2.12. The van der Waals surface area contributed by atoms with Crippen molar-refractivity contribution in [1.29, 1.82) is 0 Å². The Hall–Kier alpha value is -1.92. The van der Waals surface area contributed by atoms with Crippen LogP contribution in [0.15, 0.2) is 47.1 Å². The third-order valence-electron chi connectivity index (χ3n) is 2.96. The summed E-state index contributed by atoms with van der Waals surface area (Å²) in [7, 11) is 0. The summed E-state index contributed by atoms with van der Waals surface area (Å²) in [6.07, 6.45) is 1.85. The zero-order chi connectivity index (χ0) is 14.8. The molecular formula is C14H10BrClN4O. The topological polar surface area (TPSA) is 59.3 Å². The number of benzene rings is 1. The molecule has 106 valence electrons. The molecule has 0 fully saturated rings. The van der Waals surface area contributed by atoms with Gasteiger partial charge in [0.2, 0.25) is 0 Å². The maximum Gasteiger partial charge on any atom is 0.253 e. The first-order valence-electron chi connectivity index (χ1n) is 6.17. The summed E-state index contributed by atoms with van der Waals surface area (Å²) in [5.74, 6) is 0.402. The largest absolute Gasteiger partial charge is 0.345 e. The van der Waals surface area contributed by atoms with E-state index in [9.17, 15) is 4.79 Å². The Bertz CT molecular complexity index is 818. The molecule has 1 aromatic carbocycles. The van der Waals surface area contributed by atoms with Crippen molar-refractivity contribution in [3.05, 3.63) is 63.5 Å². The van der Waals surface area contributed by atoms with Gasteiger partial charge in [0.05, 0.1) is 17.1 Å². The first-order valence-corrected chi connectivity index (χ1v) is 7.34. The molecule has 2 aromatic heterocycles. The molecule has 5 nitrogen and oxygen atoms in total. The summed E-state index contributed by atoms with van der Waals surface area (Å²) in [6.45, 7) is 0.271. The predicted octanol–water partition coefficient (Wildman–Crippen LogP) is 3.08. The van der Waals surface area contributed by atoms with Crippen LogP contribution < -0.4 is 5.32 Å². The van der Waals surface area contributed by atoms with Crippen molar-refractivity contribution in [2.75, 3.05) is 0 Å². The van der Waals surface area contributed by atoms with E-state index in [0.29, 0.717) is 16.4 Å². The van der Waals surface area contributed by atoms with Gasteiger partial charge in [-0.05, 0) is 30.3 Å². The van der Waals surface area contributed by atoms with Crippen molar-refractivity contribution in [3.63, 3.8) is 0 Å². The number of nitrogens with zero attached hydrogens (tertiary/aromatic N) is 3. The maximum atomic E-state index is 12.2. The first-order chi connectivity index (χ1) is 10.1. The predicted molar refractivity (Wildman–Crippen MR) is 83.3 cm³/mol. The molecule has 0 aliphatic carbocycles. The SMILES string of the molecule is O=C(NCc1nnc2ccccn12)c1cc(Br)ccc1Cl. The summed E-state index contributed by atoms with van der Waals surface area (Å²) < 4.78 is 2.62. The van der Waals surface area contributed by atoms with Crippen LogP contribution in [0, 0.1) is 0 Å². The second-order valence-electron chi connectivity index (χ2n) is 4.35. The number of carbonyl (C=O) groups excluding carboxylic acids is 1. The lowest BCUT2D eigenvalue weighted by Gasteiger charge is -2.06. The van der Waals surface area contributed by atoms with Gasteiger partial charge in [-0.1, -0.05) is 33.6 Å². The Morgan fingerprint density at radius 3 is 3.00 bits per heavy atom. The number of fused-ring (bicyclic) bond motifs is 1. The number of hydrogen-bond donors (Lipinski definition) is 1. The Labute approximate surface area is 134 Å².